The molecule has 1 aromatic rings. The minimum atomic E-state index is 0.787. The van der Waals surface area contributed by atoms with Gasteiger partial charge < -0.3 is 5.73 Å². The molecule has 0 aliphatic carbocycles. The monoisotopic (exact) mass is 175 g/mol. The SMILES string of the molecule is [CH+]=CCN(C)Cc1cccc(N)c1. The highest BCUT2D eigenvalue weighted by molar-refractivity contribution is 5.40. The van der Waals surface area contributed by atoms with Gasteiger partial charge in [0.2, 0.25) is 6.58 Å². The number of hydrogen-bond donors (Lipinski definition) is 1. The summed E-state index contributed by atoms with van der Waals surface area (Å²) in [6.07, 6.45) is 1.65. The second-order valence-corrected chi connectivity index (χ2v) is 3.18. The molecular formula is C11H15N2+. The van der Waals surface area contributed by atoms with Crippen LogP contribution >= 0.6 is 0 Å². The fraction of sp³-hybridized carbons (Fsp3) is 0.273. The van der Waals surface area contributed by atoms with Crippen molar-refractivity contribution in [3.63, 3.8) is 0 Å². The summed E-state index contributed by atoms with van der Waals surface area (Å²) >= 11 is 0. The summed E-state index contributed by atoms with van der Waals surface area (Å²) in [6, 6.07) is 7.89. The van der Waals surface area contributed by atoms with Crippen LogP contribution in [0.5, 0.6) is 0 Å². The van der Waals surface area contributed by atoms with Crippen LogP contribution in [0.1, 0.15) is 5.56 Å². The second-order valence-electron chi connectivity index (χ2n) is 3.18. The lowest BCUT2D eigenvalue weighted by atomic mass is 10.2. The van der Waals surface area contributed by atoms with Gasteiger partial charge in [-0.1, -0.05) is 12.1 Å². The Kier molecular flexibility index (Phi) is 3.44. The molecule has 0 aliphatic heterocycles. The zero-order valence-electron chi connectivity index (χ0n) is 7.90. The molecule has 0 saturated heterocycles. The molecule has 0 fully saturated rings. The molecule has 0 heterocycles. The normalized spacial score (nSPS) is 10.2. The Morgan fingerprint density at radius 2 is 2.31 bits per heavy atom. The van der Waals surface area contributed by atoms with Crippen molar-refractivity contribution in [3.8, 4) is 0 Å². The Morgan fingerprint density at radius 3 is 2.92 bits per heavy atom. The molecule has 68 valence electrons. The first-order chi connectivity index (χ1) is 6.22. The van der Waals surface area contributed by atoms with Gasteiger partial charge in [0.15, 0.2) is 6.08 Å². The Morgan fingerprint density at radius 1 is 1.54 bits per heavy atom. The Bertz CT molecular complexity index is 281. The van der Waals surface area contributed by atoms with Crippen LogP contribution in [0, 0.1) is 6.58 Å². The van der Waals surface area contributed by atoms with Gasteiger partial charge in [-0.2, -0.15) is 0 Å². The Hall–Kier alpha value is -1.37. The first-order valence-corrected chi connectivity index (χ1v) is 4.28. The van der Waals surface area contributed by atoms with E-state index < -0.39 is 0 Å². The third-order valence-electron chi connectivity index (χ3n) is 1.82. The molecule has 2 nitrogen and oxygen atoms in total. The van der Waals surface area contributed by atoms with E-state index in [1.807, 2.05) is 25.2 Å². The molecule has 0 unspecified atom stereocenters. The summed E-state index contributed by atoms with van der Waals surface area (Å²) in [5.41, 5.74) is 7.68. The quantitative estimate of drug-likeness (QED) is 0.557. The lowest BCUT2D eigenvalue weighted by Crippen LogP contribution is -2.17. The molecular weight excluding hydrogens is 160 g/mol. The highest BCUT2D eigenvalue weighted by Gasteiger charge is 1.99. The molecule has 2 N–H and O–H groups in total. The minimum Gasteiger partial charge on any atom is -0.399 e. The predicted molar refractivity (Wildman–Crippen MR) is 56.1 cm³/mol. The maximum atomic E-state index is 5.66. The summed E-state index contributed by atoms with van der Waals surface area (Å²) < 4.78 is 0. The third-order valence-corrected chi connectivity index (χ3v) is 1.82. The van der Waals surface area contributed by atoms with Gasteiger partial charge in [0, 0.05) is 12.2 Å². The average molecular weight is 175 g/mol. The highest BCUT2D eigenvalue weighted by atomic mass is 15.1. The molecule has 1 rings (SSSR count). The molecule has 2 heteroatoms. The van der Waals surface area contributed by atoms with E-state index in [0.29, 0.717) is 0 Å². The lowest BCUT2D eigenvalue weighted by molar-refractivity contribution is 0.363. The molecule has 1 aromatic carbocycles. The lowest BCUT2D eigenvalue weighted by Gasteiger charge is -2.12. The molecule has 0 spiro atoms. The molecule has 0 radical (unpaired) electrons. The first-order valence-electron chi connectivity index (χ1n) is 4.28. The van der Waals surface area contributed by atoms with E-state index in [-0.39, 0.29) is 0 Å². The molecule has 0 saturated carbocycles. The number of benzene rings is 1. The number of nitrogens with zero attached hydrogens (tertiary/aromatic N) is 1. The van der Waals surface area contributed by atoms with Crippen LogP contribution in [0.25, 0.3) is 0 Å². The van der Waals surface area contributed by atoms with Gasteiger partial charge in [-0.3, -0.25) is 4.90 Å². The molecule has 0 atom stereocenters. The van der Waals surface area contributed by atoms with E-state index in [2.05, 4.69) is 11.0 Å². The predicted octanol–water partition coefficient (Wildman–Crippen LogP) is 1.69. The summed E-state index contributed by atoms with van der Waals surface area (Å²) in [5, 5.41) is 0. The first kappa shape index (κ1) is 9.72. The van der Waals surface area contributed by atoms with E-state index in [4.69, 9.17) is 12.3 Å². The number of nitrogen functional groups attached to an aromatic ring is 1. The Balaban J connectivity index is 2.58. The standard InChI is InChI=1S/C11H15N2/c1-3-7-13(2)9-10-5-4-6-11(12)8-10/h1,3-6,8H,7,9,12H2,2H3/q+1. The fourth-order valence-corrected chi connectivity index (χ4v) is 1.25. The van der Waals surface area contributed by atoms with Gasteiger partial charge in [0.25, 0.3) is 0 Å². The van der Waals surface area contributed by atoms with Gasteiger partial charge >= 0.3 is 0 Å². The zero-order valence-corrected chi connectivity index (χ0v) is 7.90. The summed E-state index contributed by atoms with van der Waals surface area (Å²) in [5.74, 6) is 0. The fourth-order valence-electron chi connectivity index (χ4n) is 1.25. The molecule has 13 heavy (non-hydrogen) atoms. The van der Waals surface area contributed by atoms with Crippen molar-refractivity contribution in [3.05, 3.63) is 42.5 Å². The second kappa shape index (κ2) is 4.61. The maximum absolute atomic E-state index is 5.66. The smallest absolute Gasteiger partial charge is 0.203 e. The largest absolute Gasteiger partial charge is 0.399 e. The summed E-state index contributed by atoms with van der Waals surface area (Å²) in [4.78, 5) is 2.12. The Labute approximate surface area is 79.7 Å². The number of rotatable bonds is 4. The van der Waals surface area contributed by atoms with E-state index in [0.717, 1.165) is 18.8 Å². The van der Waals surface area contributed by atoms with Crippen LogP contribution in [0.3, 0.4) is 0 Å². The highest BCUT2D eigenvalue weighted by Crippen LogP contribution is 2.08. The number of anilines is 1. The average Bonchev–Trinajstić information content (AvgIpc) is 2.04. The van der Waals surface area contributed by atoms with Gasteiger partial charge in [-0.25, -0.2) is 0 Å². The van der Waals surface area contributed by atoms with E-state index >= 15 is 0 Å². The van der Waals surface area contributed by atoms with Crippen LogP contribution in [-0.2, 0) is 6.54 Å². The summed E-state index contributed by atoms with van der Waals surface area (Å²) in [6.45, 7) is 6.98. The van der Waals surface area contributed by atoms with Crippen molar-refractivity contribution in [2.45, 2.75) is 6.54 Å². The van der Waals surface area contributed by atoms with E-state index in [1.54, 1.807) is 6.08 Å². The van der Waals surface area contributed by atoms with Crippen LogP contribution in [0.4, 0.5) is 5.69 Å². The van der Waals surface area contributed by atoms with E-state index in [1.165, 1.54) is 5.56 Å². The zero-order chi connectivity index (χ0) is 9.68. The maximum Gasteiger partial charge on any atom is 0.203 e. The van der Waals surface area contributed by atoms with Crippen molar-refractivity contribution in [1.82, 2.24) is 4.90 Å². The van der Waals surface area contributed by atoms with Crippen LogP contribution in [0.15, 0.2) is 30.3 Å². The van der Waals surface area contributed by atoms with Crippen molar-refractivity contribution in [2.75, 3.05) is 19.3 Å². The molecule has 0 bridgehead atoms. The van der Waals surface area contributed by atoms with Gasteiger partial charge in [-0.15, -0.1) is 0 Å². The number of hydrogen-bond acceptors (Lipinski definition) is 2. The molecule has 0 aromatic heterocycles. The van der Waals surface area contributed by atoms with Crippen molar-refractivity contribution < 1.29 is 0 Å². The van der Waals surface area contributed by atoms with Crippen LogP contribution in [0.2, 0.25) is 0 Å². The number of likely N-dealkylation sites (N-methyl/N-ethyl adjacent to an activating group) is 1. The third kappa shape index (κ3) is 3.24. The van der Waals surface area contributed by atoms with Gasteiger partial charge in [-0.05, 0) is 24.7 Å². The van der Waals surface area contributed by atoms with Crippen LogP contribution < -0.4 is 5.73 Å². The van der Waals surface area contributed by atoms with Crippen molar-refractivity contribution in [1.29, 1.82) is 0 Å². The van der Waals surface area contributed by atoms with Gasteiger partial charge in [0.05, 0.1) is 6.54 Å². The number of nitrogens with two attached hydrogens (primary N) is 1. The van der Waals surface area contributed by atoms with Crippen molar-refractivity contribution >= 4 is 5.69 Å². The van der Waals surface area contributed by atoms with Gasteiger partial charge in [0.1, 0.15) is 0 Å². The minimum absolute atomic E-state index is 0.787. The molecule has 0 aliphatic rings. The summed E-state index contributed by atoms with van der Waals surface area (Å²) in [7, 11) is 2.02. The van der Waals surface area contributed by atoms with Crippen molar-refractivity contribution in [2.24, 2.45) is 0 Å². The molecule has 0 amide bonds. The van der Waals surface area contributed by atoms with E-state index in [9.17, 15) is 0 Å². The topological polar surface area (TPSA) is 29.3 Å². The van der Waals surface area contributed by atoms with Crippen LogP contribution in [-0.4, -0.2) is 18.5 Å².